The monoisotopic (exact) mass is 1060 g/mol. The minimum absolute atomic E-state index is 0.0747. The van der Waals surface area contributed by atoms with Crippen LogP contribution in [-0.2, 0) is 28.6 Å². The third-order valence-corrected chi connectivity index (χ3v) is 13.9. The molecule has 76 heavy (non-hydrogen) atoms. The van der Waals surface area contributed by atoms with E-state index in [2.05, 4.69) is 118 Å². The van der Waals surface area contributed by atoms with E-state index in [1.54, 1.807) is 0 Å². The number of allylic oxidation sites excluding steroid dienone is 16. The second kappa shape index (κ2) is 63.9. The van der Waals surface area contributed by atoms with E-state index in [1.165, 1.54) is 154 Å². The van der Waals surface area contributed by atoms with Crippen LogP contribution < -0.4 is 0 Å². The van der Waals surface area contributed by atoms with Crippen LogP contribution in [-0.4, -0.2) is 37.2 Å². The Labute approximate surface area is 470 Å². The Bertz CT molecular complexity index is 1490. The Morgan fingerprint density at radius 2 is 0.513 bits per heavy atom. The van der Waals surface area contributed by atoms with E-state index in [0.29, 0.717) is 19.3 Å². The van der Waals surface area contributed by atoms with E-state index in [-0.39, 0.29) is 31.1 Å². The maximum atomic E-state index is 12.9. The topological polar surface area (TPSA) is 78.9 Å². The van der Waals surface area contributed by atoms with Crippen LogP contribution in [0.15, 0.2) is 97.2 Å². The van der Waals surface area contributed by atoms with E-state index < -0.39 is 6.10 Å². The molecule has 0 aromatic rings. The minimum Gasteiger partial charge on any atom is -0.462 e. The molecule has 0 N–H and O–H groups in total. The Balaban J connectivity index is 4.20. The lowest BCUT2D eigenvalue weighted by molar-refractivity contribution is -0.167. The predicted octanol–water partition coefficient (Wildman–Crippen LogP) is 22.0. The van der Waals surface area contributed by atoms with Gasteiger partial charge in [-0.2, -0.15) is 0 Å². The highest BCUT2D eigenvalue weighted by Gasteiger charge is 2.19. The van der Waals surface area contributed by atoms with Gasteiger partial charge in [0.25, 0.3) is 0 Å². The molecule has 0 bridgehead atoms. The average molecular weight is 1060 g/mol. The van der Waals surface area contributed by atoms with Gasteiger partial charge in [0.2, 0.25) is 0 Å². The third-order valence-electron chi connectivity index (χ3n) is 13.9. The molecule has 1 unspecified atom stereocenters. The van der Waals surface area contributed by atoms with Gasteiger partial charge in [0, 0.05) is 19.3 Å². The number of rotatable bonds is 58. The van der Waals surface area contributed by atoms with E-state index >= 15 is 0 Å². The Morgan fingerprint density at radius 1 is 0.276 bits per heavy atom. The summed E-state index contributed by atoms with van der Waals surface area (Å²) in [5, 5.41) is 0. The number of ether oxygens (including phenoxy) is 3. The number of carbonyl (C=O) groups excluding carboxylic acids is 3. The van der Waals surface area contributed by atoms with Crippen molar-refractivity contribution in [3.63, 3.8) is 0 Å². The molecule has 0 aliphatic carbocycles. The van der Waals surface area contributed by atoms with Crippen molar-refractivity contribution in [1.82, 2.24) is 0 Å². The number of esters is 3. The first-order chi connectivity index (χ1) is 37.5. The molecule has 0 aliphatic rings. The van der Waals surface area contributed by atoms with Gasteiger partial charge >= 0.3 is 17.9 Å². The SMILES string of the molecule is CC/C=C\C/C=C\C/C=C\C/C=C\C/C=C\C/C=C\C/C=C\C/C=C\CCCCCCCCCCC(=O)OCC(COC(=O)CCCCCCCCCCCCCC)OC(=O)CCCCCCCCCCCCCCC. The molecule has 0 radical (unpaired) electrons. The van der Waals surface area contributed by atoms with E-state index in [1.807, 2.05) is 0 Å². The molecule has 0 amide bonds. The summed E-state index contributed by atoms with van der Waals surface area (Å²) in [5.74, 6) is -0.872. The van der Waals surface area contributed by atoms with E-state index in [0.717, 1.165) is 116 Å². The second-order valence-electron chi connectivity index (χ2n) is 21.3. The van der Waals surface area contributed by atoms with Crippen molar-refractivity contribution in [3.8, 4) is 0 Å². The molecule has 0 aromatic carbocycles. The average Bonchev–Trinajstić information content (AvgIpc) is 3.42. The fourth-order valence-corrected chi connectivity index (χ4v) is 9.05. The number of carbonyl (C=O) groups is 3. The molecule has 0 heterocycles. The fraction of sp³-hybridized carbons (Fsp3) is 0.729. The summed E-state index contributed by atoms with van der Waals surface area (Å²) in [6, 6.07) is 0. The summed E-state index contributed by atoms with van der Waals surface area (Å²) < 4.78 is 16.9. The standard InChI is InChI=1S/C70H120O6/c1-4-7-10-13-16-19-22-25-26-27-28-29-30-31-32-33-34-35-36-37-38-39-40-41-42-43-44-46-48-51-54-57-60-63-69(72)75-66-67(65-74-68(71)62-59-56-53-50-47-24-21-18-15-12-9-6-3)76-70(73)64-61-58-55-52-49-45-23-20-17-14-11-8-5-2/h7,10,16,19,25-26,28-29,31-32,34-35,37-38,40-41,67H,4-6,8-9,11-15,17-18,20-24,27,30,33,36,39,42-66H2,1-3H3/b10-7-,19-16-,26-25-,29-28-,32-31-,35-34-,38-37-,41-40-. The Hall–Kier alpha value is -3.67. The summed E-state index contributed by atoms with van der Waals surface area (Å²) >= 11 is 0. The van der Waals surface area contributed by atoms with Crippen molar-refractivity contribution in [2.24, 2.45) is 0 Å². The van der Waals surface area contributed by atoms with Crippen molar-refractivity contribution < 1.29 is 28.6 Å². The van der Waals surface area contributed by atoms with Crippen molar-refractivity contribution in [2.45, 2.75) is 316 Å². The van der Waals surface area contributed by atoms with Gasteiger partial charge in [0.15, 0.2) is 6.10 Å². The van der Waals surface area contributed by atoms with Gasteiger partial charge in [-0.25, -0.2) is 0 Å². The van der Waals surface area contributed by atoms with Gasteiger partial charge < -0.3 is 14.2 Å². The van der Waals surface area contributed by atoms with Crippen molar-refractivity contribution in [2.75, 3.05) is 13.2 Å². The smallest absolute Gasteiger partial charge is 0.306 e. The zero-order valence-electron chi connectivity index (χ0n) is 50.0. The second-order valence-corrected chi connectivity index (χ2v) is 21.3. The Kier molecular flexibility index (Phi) is 60.8. The number of hydrogen-bond acceptors (Lipinski definition) is 6. The highest BCUT2D eigenvalue weighted by Crippen LogP contribution is 2.16. The molecule has 0 aromatic heterocycles. The highest BCUT2D eigenvalue weighted by atomic mass is 16.6. The molecule has 0 rings (SSSR count). The van der Waals surface area contributed by atoms with Gasteiger partial charge in [-0.15, -0.1) is 0 Å². The normalized spacial score (nSPS) is 12.7. The number of hydrogen-bond donors (Lipinski definition) is 0. The molecule has 436 valence electrons. The fourth-order valence-electron chi connectivity index (χ4n) is 9.05. The molecular formula is C70H120O6. The zero-order chi connectivity index (χ0) is 55.0. The summed E-state index contributed by atoms with van der Waals surface area (Å²) in [4.78, 5) is 38.2. The van der Waals surface area contributed by atoms with Gasteiger partial charge in [0.05, 0.1) is 0 Å². The molecule has 6 heteroatoms. The molecule has 0 fully saturated rings. The molecule has 0 saturated carbocycles. The van der Waals surface area contributed by atoms with Crippen LogP contribution in [0.3, 0.4) is 0 Å². The lowest BCUT2D eigenvalue weighted by atomic mass is 10.0. The number of unbranched alkanes of at least 4 members (excludes halogenated alkanes) is 31. The lowest BCUT2D eigenvalue weighted by Gasteiger charge is -2.18. The molecule has 6 nitrogen and oxygen atoms in total. The molecular weight excluding hydrogens is 937 g/mol. The summed E-state index contributed by atoms with van der Waals surface area (Å²) in [7, 11) is 0. The maximum absolute atomic E-state index is 12.9. The van der Waals surface area contributed by atoms with Crippen LogP contribution in [0.4, 0.5) is 0 Å². The largest absolute Gasteiger partial charge is 0.462 e. The van der Waals surface area contributed by atoms with Crippen LogP contribution in [0.2, 0.25) is 0 Å². The first kappa shape index (κ1) is 72.3. The zero-order valence-corrected chi connectivity index (χ0v) is 50.0. The van der Waals surface area contributed by atoms with Crippen LogP contribution in [0.1, 0.15) is 310 Å². The lowest BCUT2D eigenvalue weighted by Crippen LogP contribution is -2.30. The molecule has 1 atom stereocenters. The third kappa shape index (κ3) is 61.2. The van der Waals surface area contributed by atoms with Crippen LogP contribution in [0, 0.1) is 0 Å². The minimum atomic E-state index is -0.777. The molecule has 0 aliphatic heterocycles. The highest BCUT2D eigenvalue weighted by molar-refractivity contribution is 5.71. The van der Waals surface area contributed by atoms with Crippen LogP contribution in [0.25, 0.3) is 0 Å². The van der Waals surface area contributed by atoms with E-state index in [4.69, 9.17) is 14.2 Å². The van der Waals surface area contributed by atoms with Crippen molar-refractivity contribution >= 4 is 17.9 Å². The van der Waals surface area contributed by atoms with Crippen molar-refractivity contribution in [3.05, 3.63) is 97.2 Å². The first-order valence-corrected chi connectivity index (χ1v) is 32.2. The predicted molar refractivity (Wildman–Crippen MR) is 330 cm³/mol. The summed E-state index contributed by atoms with van der Waals surface area (Å²) in [6.45, 7) is 6.54. The van der Waals surface area contributed by atoms with Gasteiger partial charge in [-0.3, -0.25) is 14.4 Å². The van der Waals surface area contributed by atoms with Crippen LogP contribution >= 0.6 is 0 Å². The van der Waals surface area contributed by atoms with Crippen molar-refractivity contribution in [1.29, 1.82) is 0 Å². The maximum Gasteiger partial charge on any atom is 0.306 e. The van der Waals surface area contributed by atoms with E-state index in [9.17, 15) is 14.4 Å². The first-order valence-electron chi connectivity index (χ1n) is 32.2. The quantitative estimate of drug-likeness (QED) is 0.0261. The summed E-state index contributed by atoms with van der Waals surface area (Å²) in [5.41, 5.74) is 0. The molecule has 0 saturated heterocycles. The van der Waals surface area contributed by atoms with Gasteiger partial charge in [0.1, 0.15) is 13.2 Å². The van der Waals surface area contributed by atoms with Gasteiger partial charge in [-0.05, 0) is 83.5 Å². The van der Waals surface area contributed by atoms with Crippen LogP contribution in [0.5, 0.6) is 0 Å². The molecule has 0 spiro atoms. The Morgan fingerprint density at radius 3 is 0.803 bits per heavy atom. The summed E-state index contributed by atoms with van der Waals surface area (Å²) in [6.07, 6.45) is 85.6. The van der Waals surface area contributed by atoms with Gasteiger partial charge in [-0.1, -0.05) is 304 Å².